The van der Waals surface area contributed by atoms with E-state index in [0.29, 0.717) is 6.04 Å². The highest BCUT2D eigenvalue weighted by atomic mass is 16.3. The molecule has 0 aromatic heterocycles. The number of piperazine rings is 1. The molecule has 0 aromatic carbocycles. The monoisotopic (exact) mass is 229 g/mol. The number of nitrogens with one attached hydrogen (secondary N) is 1. The lowest BCUT2D eigenvalue weighted by atomic mass is 10.1. The van der Waals surface area contributed by atoms with Crippen LogP contribution in [0.25, 0.3) is 0 Å². The van der Waals surface area contributed by atoms with Crippen LogP contribution < -0.4 is 5.32 Å². The number of nitrogens with zero attached hydrogens (tertiary/aromatic N) is 2. The molecule has 1 saturated heterocycles. The predicted octanol–water partition coefficient (Wildman–Crippen LogP) is -0.0172. The summed E-state index contributed by atoms with van der Waals surface area (Å²) in [6, 6.07) is 0.821. The summed E-state index contributed by atoms with van der Waals surface area (Å²) in [5.41, 5.74) is 0. The van der Waals surface area contributed by atoms with Crippen molar-refractivity contribution in [2.24, 2.45) is 0 Å². The van der Waals surface area contributed by atoms with Crippen LogP contribution in [0.4, 0.5) is 0 Å². The summed E-state index contributed by atoms with van der Waals surface area (Å²) in [6.07, 6.45) is 1.12. The average molecular weight is 229 g/mol. The van der Waals surface area contributed by atoms with Crippen LogP contribution in [0.1, 0.15) is 20.3 Å². The molecule has 2 N–H and O–H groups in total. The Morgan fingerprint density at radius 2 is 2.19 bits per heavy atom. The Kier molecular flexibility index (Phi) is 6.28. The van der Waals surface area contributed by atoms with E-state index in [1.165, 1.54) is 0 Å². The summed E-state index contributed by atoms with van der Waals surface area (Å²) in [5, 5.41) is 12.7. The molecule has 4 nitrogen and oxygen atoms in total. The average Bonchev–Trinajstić information content (AvgIpc) is 2.27. The van der Waals surface area contributed by atoms with Crippen molar-refractivity contribution in [2.75, 3.05) is 46.4 Å². The summed E-state index contributed by atoms with van der Waals surface area (Å²) >= 11 is 0. The van der Waals surface area contributed by atoms with E-state index in [2.05, 4.69) is 36.0 Å². The lowest BCUT2D eigenvalue weighted by Gasteiger charge is -2.39. The van der Waals surface area contributed by atoms with Gasteiger partial charge in [-0.25, -0.2) is 0 Å². The van der Waals surface area contributed by atoms with Crippen LogP contribution in [-0.4, -0.2) is 73.4 Å². The molecule has 4 heteroatoms. The van der Waals surface area contributed by atoms with Crippen LogP contribution in [-0.2, 0) is 0 Å². The molecule has 0 amide bonds. The Morgan fingerprint density at radius 3 is 2.75 bits per heavy atom. The maximum Gasteiger partial charge on any atom is 0.0597 e. The third kappa shape index (κ3) is 4.37. The van der Waals surface area contributed by atoms with Gasteiger partial charge in [-0.1, -0.05) is 6.92 Å². The fraction of sp³-hybridized carbons (Fsp3) is 1.00. The van der Waals surface area contributed by atoms with Crippen molar-refractivity contribution in [1.29, 1.82) is 0 Å². The van der Waals surface area contributed by atoms with Crippen molar-refractivity contribution in [3.8, 4) is 0 Å². The summed E-state index contributed by atoms with van der Waals surface area (Å²) in [5.74, 6) is 0. The van der Waals surface area contributed by atoms with Gasteiger partial charge in [0.2, 0.25) is 0 Å². The smallest absolute Gasteiger partial charge is 0.0597 e. The van der Waals surface area contributed by atoms with Crippen LogP contribution in [0.5, 0.6) is 0 Å². The van der Waals surface area contributed by atoms with Gasteiger partial charge in [-0.2, -0.15) is 0 Å². The first-order valence-electron chi connectivity index (χ1n) is 6.44. The molecule has 0 bridgehead atoms. The highest BCUT2D eigenvalue weighted by molar-refractivity contribution is 4.81. The van der Waals surface area contributed by atoms with Gasteiger partial charge in [0.1, 0.15) is 0 Å². The molecule has 1 rings (SSSR count). The Balaban J connectivity index is 2.33. The molecule has 0 radical (unpaired) electrons. The molecular weight excluding hydrogens is 202 g/mol. The zero-order valence-electron chi connectivity index (χ0n) is 10.9. The normalized spacial score (nSPS) is 25.9. The Morgan fingerprint density at radius 1 is 1.44 bits per heavy atom. The van der Waals surface area contributed by atoms with Gasteiger partial charge in [-0.05, 0) is 26.9 Å². The molecule has 2 atom stereocenters. The van der Waals surface area contributed by atoms with Crippen LogP contribution in [0.15, 0.2) is 0 Å². The second-order valence-corrected chi connectivity index (χ2v) is 4.94. The largest absolute Gasteiger partial charge is 0.395 e. The van der Waals surface area contributed by atoms with Gasteiger partial charge in [0.25, 0.3) is 0 Å². The highest BCUT2D eigenvalue weighted by Gasteiger charge is 2.23. The van der Waals surface area contributed by atoms with Gasteiger partial charge in [-0.15, -0.1) is 0 Å². The second-order valence-electron chi connectivity index (χ2n) is 4.94. The topological polar surface area (TPSA) is 38.7 Å². The minimum absolute atomic E-state index is 0.228. The summed E-state index contributed by atoms with van der Waals surface area (Å²) in [4.78, 5) is 4.85. The Bertz CT molecular complexity index is 189. The van der Waals surface area contributed by atoms with Crippen molar-refractivity contribution in [1.82, 2.24) is 15.1 Å². The van der Waals surface area contributed by atoms with Crippen molar-refractivity contribution in [2.45, 2.75) is 32.4 Å². The Labute approximate surface area is 99.6 Å². The first-order chi connectivity index (χ1) is 7.67. The molecule has 2 unspecified atom stereocenters. The lowest BCUT2D eigenvalue weighted by Crippen LogP contribution is -2.55. The quantitative estimate of drug-likeness (QED) is 0.671. The zero-order valence-corrected chi connectivity index (χ0v) is 10.9. The van der Waals surface area contributed by atoms with E-state index >= 15 is 0 Å². The molecule has 0 aliphatic carbocycles. The predicted molar refractivity (Wildman–Crippen MR) is 67.7 cm³/mol. The summed E-state index contributed by atoms with van der Waals surface area (Å²) < 4.78 is 0. The van der Waals surface area contributed by atoms with Crippen molar-refractivity contribution < 1.29 is 5.11 Å². The summed E-state index contributed by atoms with van der Waals surface area (Å²) in [6.45, 7) is 9.99. The zero-order chi connectivity index (χ0) is 12.0. The maximum absolute atomic E-state index is 9.32. The molecule has 16 heavy (non-hydrogen) atoms. The van der Waals surface area contributed by atoms with E-state index in [1.54, 1.807) is 0 Å². The van der Waals surface area contributed by atoms with E-state index in [1.807, 2.05) is 0 Å². The fourth-order valence-corrected chi connectivity index (χ4v) is 2.27. The number of likely N-dealkylation sites (N-methyl/N-ethyl adjacent to an activating group) is 1. The molecule has 0 aromatic rings. The van der Waals surface area contributed by atoms with E-state index in [-0.39, 0.29) is 12.6 Å². The van der Waals surface area contributed by atoms with Gasteiger partial charge < -0.3 is 15.3 Å². The summed E-state index contributed by atoms with van der Waals surface area (Å²) in [7, 11) is 2.17. The van der Waals surface area contributed by atoms with Crippen LogP contribution in [0.3, 0.4) is 0 Å². The third-order valence-corrected chi connectivity index (χ3v) is 3.33. The molecule has 0 spiro atoms. The number of hydrogen-bond donors (Lipinski definition) is 2. The highest BCUT2D eigenvalue weighted by Crippen LogP contribution is 2.08. The minimum atomic E-state index is 0.228. The number of aliphatic hydroxyl groups is 1. The van der Waals surface area contributed by atoms with Crippen molar-refractivity contribution in [3.05, 3.63) is 0 Å². The van der Waals surface area contributed by atoms with Gasteiger partial charge in [0.15, 0.2) is 0 Å². The minimum Gasteiger partial charge on any atom is -0.395 e. The van der Waals surface area contributed by atoms with Gasteiger partial charge in [0, 0.05) is 38.3 Å². The van der Waals surface area contributed by atoms with Crippen LogP contribution >= 0.6 is 0 Å². The first kappa shape index (κ1) is 13.9. The SMILES string of the molecule is CCCNC(CO)CN1CCN(C)CC1C. The first-order valence-corrected chi connectivity index (χ1v) is 6.44. The second kappa shape index (κ2) is 7.22. The fourth-order valence-electron chi connectivity index (χ4n) is 2.27. The molecular formula is C12H27N3O. The van der Waals surface area contributed by atoms with E-state index in [0.717, 1.165) is 39.1 Å². The van der Waals surface area contributed by atoms with E-state index < -0.39 is 0 Å². The molecule has 96 valence electrons. The van der Waals surface area contributed by atoms with Gasteiger partial charge in [-0.3, -0.25) is 4.90 Å². The Hall–Kier alpha value is -0.160. The molecule has 1 heterocycles. The number of rotatable bonds is 6. The third-order valence-electron chi connectivity index (χ3n) is 3.33. The van der Waals surface area contributed by atoms with E-state index in [9.17, 15) is 5.11 Å². The molecule has 1 aliphatic rings. The van der Waals surface area contributed by atoms with Crippen molar-refractivity contribution >= 4 is 0 Å². The number of aliphatic hydroxyl groups excluding tert-OH is 1. The van der Waals surface area contributed by atoms with Crippen LogP contribution in [0.2, 0.25) is 0 Å². The van der Waals surface area contributed by atoms with Gasteiger partial charge >= 0.3 is 0 Å². The molecule has 0 saturated carbocycles. The standard InChI is InChI=1S/C12H27N3O/c1-4-5-13-12(10-16)9-15-7-6-14(3)8-11(15)2/h11-13,16H,4-10H2,1-3H3. The lowest BCUT2D eigenvalue weighted by molar-refractivity contribution is 0.0802. The molecule has 1 fully saturated rings. The van der Waals surface area contributed by atoms with Gasteiger partial charge in [0.05, 0.1) is 6.61 Å². The van der Waals surface area contributed by atoms with Crippen LogP contribution in [0, 0.1) is 0 Å². The van der Waals surface area contributed by atoms with Crippen molar-refractivity contribution in [3.63, 3.8) is 0 Å². The maximum atomic E-state index is 9.32. The number of hydrogen-bond acceptors (Lipinski definition) is 4. The van der Waals surface area contributed by atoms with E-state index in [4.69, 9.17) is 0 Å². The molecule has 1 aliphatic heterocycles.